The van der Waals surface area contributed by atoms with Crippen LogP contribution >= 0.6 is 0 Å². The van der Waals surface area contributed by atoms with Crippen molar-refractivity contribution in [1.29, 1.82) is 0 Å². The number of esters is 1. The first-order valence-electron chi connectivity index (χ1n) is 38.8. The van der Waals surface area contributed by atoms with Crippen LogP contribution < -0.4 is 5.32 Å². The first-order valence-corrected chi connectivity index (χ1v) is 38.8. The number of hydrogen-bond donors (Lipinski definition) is 3. The van der Waals surface area contributed by atoms with Crippen LogP contribution in [0.1, 0.15) is 457 Å². The lowest BCUT2D eigenvalue weighted by Crippen LogP contribution is -2.45. The van der Waals surface area contributed by atoms with E-state index in [-0.39, 0.29) is 18.5 Å². The molecule has 496 valence electrons. The number of rotatable bonds is 74. The number of unbranched alkanes of at least 4 members (excludes halogenated alkanes) is 63. The van der Waals surface area contributed by atoms with E-state index in [9.17, 15) is 19.8 Å². The average Bonchev–Trinajstić information content (AvgIpc) is 3.50. The van der Waals surface area contributed by atoms with E-state index in [1.165, 1.54) is 385 Å². The zero-order valence-electron chi connectivity index (χ0n) is 57.0. The van der Waals surface area contributed by atoms with Gasteiger partial charge in [-0.05, 0) is 25.7 Å². The van der Waals surface area contributed by atoms with E-state index in [1.807, 2.05) is 0 Å². The van der Waals surface area contributed by atoms with Crippen LogP contribution in [0.4, 0.5) is 0 Å². The first kappa shape index (κ1) is 81.9. The van der Waals surface area contributed by atoms with Gasteiger partial charge in [-0.3, -0.25) is 9.59 Å². The molecule has 0 aliphatic carbocycles. The molecule has 83 heavy (non-hydrogen) atoms. The largest absolute Gasteiger partial charge is 0.466 e. The monoisotopic (exact) mass is 1170 g/mol. The summed E-state index contributed by atoms with van der Waals surface area (Å²) in [5.41, 5.74) is 0. The summed E-state index contributed by atoms with van der Waals surface area (Å²) in [5.74, 6) is -0.000382. The first-order chi connectivity index (χ1) is 41.0. The highest BCUT2D eigenvalue weighted by Crippen LogP contribution is 2.20. The van der Waals surface area contributed by atoms with Crippen molar-refractivity contribution in [2.45, 2.75) is 469 Å². The van der Waals surface area contributed by atoms with Gasteiger partial charge in [-0.2, -0.15) is 0 Å². The second-order valence-corrected chi connectivity index (χ2v) is 27.1. The van der Waals surface area contributed by atoms with Crippen molar-refractivity contribution in [3.05, 3.63) is 0 Å². The van der Waals surface area contributed by atoms with Crippen molar-refractivity contribution in [1.82, 2.24) is 5.32 Å². The van der Waals surface area contributed by atoms with Crippen molar-refractivity contribution < 1.29 is 24.5 Å². The van der Waals surface area contributed by atoms with Gasteiger partial charge in [0, 0.05) is 12.8 Å². The van der Waals surface area contributed by atoms with Crippen LogP contribution in [0, 0.1) is 0 Å². The normalized spacial score (nSPS) is 12.4. The van der Waals surface area contributed by atoms with Gasteiger partial charge in [0.25, 0.3) is 0 Å². The molecule has 1 amide bonds. The molecule has 0 radical (unpaired) electrons. The highest BCUT2D eigenvalue weighted by molar-refractivity contribution is 5.76. The minimum Gasteiger partial charge on any atom is -0.466 e. The Bertz CT molecular complexity index is 1210. The van der Waals surface area contributed by atoms with Crippen molar-refractivity contribution in [2.24, 2.45) is 0 Å². The van der Waals surface area contributed by atoms with E-state index in [0.29, 0.717) is 25.9 Å². The number of aliphatic hydroxyl groups is 2. The Hall–Kier alpha value is -1.14. The van der Waals surface area contributed by atoms with E-state index in [4.69, 9.17) is 4.74 Å². The van der Waals surface area contributed by atoms with Crippen LogP contribution in [-0.2, 0) is 14.3 Å². The number of amides is 1. The molecule has 0 aliphatic rings. The molecule has 0 spiro atoms. The van der Waals surface area contributed by atoms with Crippen LogP contribution in [0.2, 0.25) is 0 Å². The maximum Gasteiger partial charge on any atom is 0.305 e. The minimum absolute atomic E-state index is 0.0235. The summed E-state index contributed by atoms with van der Waals surface area (Å²) >= 11 is 0. The van der Waals surface area contributed by atoms with Gasteiger partial charge in [0.2, 0.25) is 5.91 Å². The summed E-state index contributed by atoms with van der Waals surface area (Å²) in [6.45, 7) is 5.01. The standard InChI is InChI=1S/C77H153NO5/c1-3-5-7-9-11-13-15-16-17-18-19-37-40-43-46-50-53-57-61-65-69-75(80)74(73-79)78-76(81)70-66-62-58-54-51-47-44-41-38-35-33-31-29-27-25-23-21-20-22-24-26-28-30-32-34-36-39-42-45-48-52-56-60-64-68-72-83-77(82)71-67-63-59-55-49-14-12-10-8-6-4-2/h74-75,79-80H,3-73H2,1-2H3,(H,78,81). The van der Waals surface area contributed by atoms with Gasteiger partial charge in [0.1, 0.15) is 0 Å². The molecule has 3 N–H and O–H groups in total. The predicted molar refractivity (Wildman–Crippen MR) is 366 cm³/mol. The zero-order valence-corrected chi connectivity index (χ0v) is 57.0. The minimum atomic E-state index is -0.660. The molecule has 2 atom stereocenters. The fourth-order valence-corrected chi connectivity index (χ4v) is 12.8. The van der Waals surface area contributed by atoms with Crippen LogP contribution in [0.3, 0.4) is 0 Å². The van der Waals surface area contributed by atoms with E-state index in [2.05, 4.69) is 19.2 Å². The van der Waals surface area contributed by atoms with E-state index >= 15 is 0 Å². The van der Waals surface area contributed by atoms with Crippen LogP contribution in [0.15, 0.2) is 0 Å². The Kier molecular flexibility index (Phi) is 72.3. The van der Waals surface area contributed by atoms with Crippen molar-refractivity contribution in [3.8, 4) is 0 Å². The molecule has 6 heteroatoms. The third kappa shape index (κ3) is 69.8. The molecule has 0 aromatic carbocycles. The van der Waals surface area contributed by atoms with Gasteiger partial charge in [-0.15, -0.1) is 0 Å². The number of carbonyl (C=O) groups is 2. The fraction of sp³-hybridized carbons (Fsp3) is 0.974. The Labute approximate surface area is 521 Å². The molecule has 2 unspecified atom stereocenters. The summed E-state index contributed by atoms with van der Waals surface area (Å²) in [6, 6.07) is -0.537. The SMILES string of the molecule is CCCCCCCCCCCCCCCCCCCCCCC(O)C(CO)NC(=O)CCCCCCCCCCCCCCCCCCCCCCCCCCCCCCCCCCCCCOC(=O)CCCCCCCCCCCCC. The van der Waals surface area contributed by atoms with Gasteiger partial charge in [-0.1, -0.05) is 418 Å². The number of ether oxygens (including phenoxy) is 1. The summed E-state index contributed by atoms with van der Waals surface area (Å²) in [7, 11) is 0. The lowest BCUT2D eigenvalue weighted by atomic mass is 10.0. The lowest BCUT2D eigenvalue weighted by molar-refractivity contribution is -0.143. The van der Waals surface area contributed by atoms with Gasteiger partial charge in [0.05, 0.1) is 25.4 Å². The Morgan fingerprint density at radius 3 is 0.735 bits per heavy atom. The van der Waals surface area contributed by atoms with E-state index in [0.717, 1.165) is 38.5 Å². The lowest BCUT2D eigenvalue weighted by Gasteiger charge is -2.22. The van der Waals surface area contributed by atoms with Crippen molar-refractivity contribution in [3.63, 3.8) is 0 Å². The molecule has 6 nitrogen and oxygen atoms in total. The van der Waals surface area contributed by atoms with Gasteiger partial charge < -0.3 is 20.3 Å². The second-order valence-electron chi connectivity index (χ2n) is 27.1. The maximum absolute atomic E-state index is 12.6. The number of aliphatic hydroxyl groups excluding tert-OH is 2. The number of nitrogens with one attached hydrogen (secondary N) is 1. The summed E-state index contributed by atoms with van der Waals surface area (Å²) in [5, 5.41) is 23.4. The Morgan fingerprint density at radius 2 is 0.494 bits per heavy atom. The highest BCUT2D eigenvalue weighted by Gasteiger charge is 2.20. The third-order valence-corrected chi connectivity index (χ3v) is 18.7. The van der Waals surface area contributed by atoms with Crippen molar-refractivity contribution in [2.75, 3.05) is 13.2 Å². The fourth-order valence-electron chi connectivity index (χ4n) is 12.8. The smallest absolute Gasteiger partial charge is 0.305 e. The van der Waals surface area contributed by atoms with Crippen LogP contribution in [0.25, 0.3) is 0 Å². The van der Waals surface area contributed by atoms with Crippen molar-refractivity contribution >= 4 is 11.9 Å². The van der Waals surface area contributed by atoms with E-state index < -0.39 is 12.1 Å². The molecule has 0 aliphatic heterocycles. The quantitative estimate of drug-likeness (QED) is 0.0417. The third-order valence-electron chi connectivity index (χ3n) is 18.7. The zero-order chi connectivity index (χ0) is 59.9. The second kappa shape index (κ2) is 73.3. The van der Waals surface area contributed by atoms with Crippen LogP contribution in [0.5, 0.6) is 0 Å². The Morgan fingerprint density at radius 1 is 0.289 bits per heavy atom. The Balaban J connectivity index is 3.30. The summed E-state index contributed by atoms with van der Waals surface area (Å²) < 4.78 is 5.48. The maximum atomic E-state index is 12.6. The molecule has 0 rings (SSSR count). The molecular formula is C77H153NO5. The summed E-state index contributed by atoms with van der Waals surface area (Å²) in [4.78, 5) is 24.6. The molecule has 0 heterocycles. The molecule has 0 saturated heterocycles. The van der Waals surface area contributed by atoms with Crippen LogP contribution in [-0.4, -0.2) is 47.4 Å². The van der Waals surface area contributed by atoms with Gasteiger partial charge in [0.15, 0.2) is 0 Å². The molecule has 0 aromatic heterocycles. The topological polar surface area (TPSA) is 95.9 Å². The molecule has 0 bridgehead atoms. The van der Waals surface area contributed by atoms with Gasteiger partial charge >= 0.3 is 5.97 Å². The molecule has 0 aromatic rings. The van der Waals surface area contributed by atoms with E-state index in [1.54, 1.807) is 0 Å². The molecule has 0 fully saturated rings. The average molecular weight is 1170 g/mol. The number of hydrogen-bond acceptors (Lipinski definition) is 5. The predicted octanol–water partition coefficient (Wildman–Crippen LogP) is 25.3. The highest BCUT2D eigenvalue weighted by atomic mass is 16.5. The number of carbonyl (C=O) groups excluding carboxylic acids is 2. The summed E-state index contributed by atoms with van der Waals surface area (Å²) in [6.07, 6.45) is 90.5. The molecular weight excluding hydrogens is 1020 g/mol. The van der Waals surface area contributed by atoms with Gasteiger partial charge in [-0.25, -0.2) is 0 Å². The molecule has 0 saturated carbocycles.